The van der Waals surface area contributed by atoms with Crippen molar-refractivity contribution in [3.05, 3.63) is 35.5 Å². The normalized spacial score (nSPS) is 40.7. The van der Waals surface area contributed by atoms with Gasteiger partial charge in [-0.05, 0) is 61.3 Å². The van der Waals surface area contributed by atoms with Gasteiger partial charge in [0.05, 0.1) is 0 Å². The van der Waals surface area contributed by atoms with Gasteiger partial charge in [-0.3, -0.25) is 4.79 Å². The first-order chi connectivity index (χ1) is 9.33. The zero-order chi connectivity index (χ0) is 12.8. The Morgan fingerprint density at radius 1 is 1.00 bits per heavy atom. The van der Waals surface area contributed by atoms with E-state index < -0.39 is 0 Å². The van der Waals surface area contributed by atoms with Crippen molar-refractivity contribution in [2.45, 2.75) is 44.9 Å². The number of hydrogen-bond donors (Lipinski definition) is 0. The Hall–Kier alpha value is -1.11. The fourth-order valence-electron chi connectivity index (χ4n) is 4.76. The first-order valence-electron chi connectivity index (χ1n) is 7.96. The SMILES string of the molecule is O=C1C2=CC=CCC2CC2CC3CCCCC3C=C12. The van der Waals surface area contributed by atoms with Gasteiger partial charge in [-0.15, -0.1) is 0 Å². The van der Waals surface area contributed by atoms with E-state index in [1.807, 2.05) is 0 Å². The lowest BCUT2D eigenvalue weighted by Gasteiger charge is -2.42. The molecule has 4 unspecified atom stereocenters. The maximum Gasteiger partial charge on any atom is 0.185 e. The van der Waals surface area contributed by atoms with Gasteiger partial charge < -0.3 is 0 Å². The summed E-state index contributed by atoms with van der Waals surface area (Å²) in [5, 5.41) is 0. The first-order valence-corrected chi connectivity index (χ1v) is 7.96. The van der Waals surface area contributed by atoms with Crippen LogP contribution in [0.5, 0.6) is 0 Å². The molecule has 2 fully saturated rings. The largest absolute Gasteiger partial charge is 0.289 e. The van der Waals surface area contributed by atoms with E-state index in [9.17, 15) is 4.79 Å². The molecule has 0 saturated heterocycles. The molecule has 0 N–H and O–H groups in total. The van der Waals surface area contributed by atoms with Crippen molar-refractivity contribution >= 4 is 5.78 Å². The number of Topliss-reactive ketones (excluding diaryl/α,β-unsaturated/α-hetero) is 1. The molecular formula is C18H22O. The third-order valence-electron chi connectivity index (χ3n) is 5.75. The molecule has 0 radical (unpaired) electrons. The second-order valence-electron chi connectivity index (χ2n) is 6.81. The van der Waals surface area contributed by atoms with Gasteiger partial charge >= 0.3 is 0 Å². The van der Waals surface area contributed by atoms with Crippen LogP contribution in [-0.2, 0) is 4.79 Å². The van der Waals surface area contributed by atoms with Crippen molar-refractivity contribution < 1.29 is 4.79 Å². The Kier molecular flexibility index (Phi) is 2.75. The van der Waals surface area contributed by atoms with E-state index >= 15 is 0 Å². The zero-order valence-corrected chi connectivity index (χ0v) is 11.5. The number of allylic oxidation sites excluding steroid dienone is 6. The molecule has 2 saturated carbocycles. The van der Waals surface area contributed by atoms with Crippen molar-refractivity contribution in [3.63, 3.8) is 0 Å². The summed E-state index contributed by atoms with van der Waals surface area (Å²) in [6.45, 7) is 0. The van der Waals surface area contributed by atoms with E-state index in [4.69, 9.17) is 0 Å². The molecule has 0 spiro atoms. The number of fused-ring (bicyclic) bond motifs is 3. The maximum absolute atomic E-state index is 12.7. The van der Waals surface area contributed by atoms with Gasteiger partial charge in [-0.25, -0.2) is 0 Å². The van der Waals surface area contributed by atoms with E-state index in [0.29, 0.717) is 23.5 Å². The molecule has 0 aromatic heterocycles. The van der Waals surface area contributed by atoms with Gasteiger partial charge in [0.1, 0.15) is 0 Å². The van der Waals surface area contributed by atoms with Crippen molar-refractivity contribution in [1.29, 1.82) is 0 Å². The fraction of sp³-hybridized carbons (Fsp3) is 0.611. The van der Waals surface area contributed by atoms with E-state index in [1.165, 1.54) is 44.1 Å². The van der Waals surface area contributed by atoms with Crippen LogP contribution < -0.4 is 0 Å². The molecule has 4 atom stereocenters. The summed E-state index contributed by atoms with van der Waals surface area (Å²) in [5.41, 5.74) is 2.28. The van der Waals surface area contributed by atoms with Gasteiger partial charge in [0.2, 0.25) is 0 Å². The molecule has 4 aliphatic carbocycles. The molecule has 0 heterocycles. The molecule has 1 heteroatoms. The Bertz CT molecular complexity index is 494. The second-order valence-corrected chi connectivity index (χ2v) is 6.81. The Morgan fingerprint density at radius 3 is 2.84 bits per heavy atom. The van der Waals surface area contributed by atoms with Crippen LogP contribution in [0.1, 0.15) is 44.9 Å². The smallest absolute Gasteiger partial charge is 0.185 e. The third-order valence-corrected chi connectivity index (χ3v) is 5.75. The molecule has 19 heavy (non-hydrogen) atoms. The summed E-state index contributed by atoms with van der Waals surface area (Å²) in [4.78, 5) is 12.7. The van der Waals surface area contributed by atoms with Gasteiger partial charge in [-0.2, -0.15) is 0 Å². The van der Waals surface area contributed by atoms with Gasteiger partial charge in [0.25, 0.3) is 0 Å². The molecule has 0 aromatic rings. The summed E-state index contributed by atoms with van der Waals surface area (Å²) < 4.78 is 0. The Balaban J connectivity index is 1.69. The predicted octanol–water partition coefficient (Wildman–Crippen LogP) is 4.21. The minimum atomic E-state index is 0.384. The Labute approximate surface area is 115 Å². The molecule has 1 nitrogen and oxygen atoms in total. The average molecular weight is 254 g/mol. The lowest BCUT2D eigenvalue weighted by Crippen LogP contribution is -2.36. The lowest BCUT2D eigenvalue weighted by molar-refractivity contribution is -0.114. The van der Waals surface area contributed by atoms with E-state index in [0.717, 1.165) is 17.9 Å². The average Bonchev–Trinajstić information content (AvgIpc) is 2.46. The summed E-state index contributed by atoms with van der Waals surface area (Å²) >= 11 is 0. The van der Waals surface area contributed by atoms with Crippen molar-refractivity contribution in [2.24, 2.45) is 23.7 Å². The van der Waals surface area contributed by atoms with E-state index in [2.05, 4.69) is 24.3 Å². The highest BCUT2D eigenvalue weighted by Crippen LogP contribution is 2.48. The van der Waals surface area contributed by atoms with Crippen LogP contribution in [0.25, 0.3) is 0 Å². The first kappa shape index (κ1) is 11.7. The van der Waals surface area contributed by atoms with Crippen molar-refractivity contribution in [3.8, 4) is 0 Å². The number of rotatable bonds is 0. The standard InChI is InChI=1S/C18H22O/c19-18-16-8-4-3-7-14(16)10-15-9-12-5-1-2-6-13(12)11-17(15)18/h3-4,8,11-15H,1-2,5-7,9-10H2. The van der Waals surface area contributed by atoms with E-state index in [1.54, 1.807) is 0 Å². The summed E-state index contributed by atoms with van der Waals surface area (Å²) in [6, 6.07) is 0. The summed E-state index contributed by atoms with van der Waals surface area (Å²) in [7, 11) is 0. The van der Waals surface area contributed by atoms with Crippen LogP contribution in [0.3, 0.4) is 0 Å². The Morgan fingerprint density at radius 2 is 1.89 bits per heavy atom. The quantitative estimate of drug-likeness (QED) is 0.632. The molecule has 100 valence electrons. The third kappa shape index (κ3) is 1.86. The van der Waals surface area contributed by atoms with Crippen LogP contribution in [0.2, 0.25) is 0 Å². The lowest BCUT2D eigenvalue weighted by atomic mass is 9.61. The molecule has 4 aliphatic rings. The highest BCUT2D eigenvalue weighted by Gasteiger charge is 2.41. The minimum absolute atomic E-state index is 0.384. The zero-order valence-electron chi connectivity index (χ0n) is 11.5. The van der Waals surface area contributed by atoms with Gasteiger partial charge in [-0.1, -0.05) is 37.1 Å². The predicted molar refractivity (Wildman–Crippen MR) is 76.6 cm³/mol. The minimum Gasteiger partial charge on any atom is -0.289 e. The number of carbonyl (C=O) groups excluding carboxylic acids is 1. The summed E-state index contributed by atoms with van der Waals surface area (Å²) in [6.07, 6.45) is 17.8. The number of ketones is 1. The van der Waals surface area contributed by atoms with Gasteiger partial charge in [0, 0.05) is 5.57 Å². The maximum atomic E-state index is 12.7. The molecule has 4 rings (SSSR count). The fourth-order valence-corrected chi connectivity index (χ4v) is 4.76. The van der Waals surface area contributed by atoms with Crippen molar-refractivity contribution in [1.82, 2.24) is 0 Å². The molecule has 0 bridgehead atoms. The highest BCUT2D eigenvalue weighted by atomic mass is 16.1. The van der Waals surface area contributed by atoms with Crippen LogP contribution in [-0.4, -0.2) is 5.78 Å². The molecule has 0 aromatic carbocycles. The van der Waals surface area contributed by atoms with Crippen molar-refractivity contribution in [2.75, 3.05) is 0 Å². The highest BCUT2D eigenvalue weighted by molar-refractivity contribution is 6.10. The molecular weight excluding hydrogens is 232 g/mol. The summed E-state index contributed by atoms with van der Waals surface area (Å²) in [5.74, 6) is 3.05. The van der Waals surface area contributed by atoms with Crippen LogP contribution in [0, 0.1) is 23.7 Å². The topological polar surface area (TPSA) is 17.1 Å². The van der Waals surface area contributed by atoms with Crippen LogP contribution in [0.15, 0.2) is 35.5 Å². The number of hydrogen-bond acceptors (Lipinski definition) is 1. The monoisotopic (exact) mass is 254 g/mol. The van der Waals surface area contributed by atoms with E-state index in [-0.39, 0.29) is 0 Å². The molecule has 0 amide bonds. The van der Waals surface area contributed by atoms with Crippen LogP contribution in [0.4, 0.5) is 0 Å². The molecule has 0 aliphatic heterocycles. The number of carbonyl (C=O) groups is 1. The van der Waals surface area contributed by atoms with Gasteiger partial charge in [0.15, 0.2) is 5.78 Å². The second kappa shape index (κ2) is 4.47. The van der Waals surface area contributed by atoms with Crippen LogP contribution >= 0.6 is 0 Å².